The van der Waals surface area contributed by atoms with Gasteiger partial charge in [0.1, 0.15) is 0 Å². The smallest absolute Gasteiger partial charge is 0.0890 e. The molecule has 0 saturated carbocycles. The fourth-order valence-electron chi connectivity index (χ4n) is 0.794. The van der Waals surface area contributed by atoms with Crippen molar-refractivity contribution in [2.75, 3.05) is 20.3 Å². The van der Waals surface area contributed by atoms with E-state index in [1.54, 1.807) is 0 Å². The first-order chi connectivity index (χ1) is 3.83. The Balaban J connectivity index is -0.0000000427. The zero-order valence-corrected chi connectivity index (χ0v) is 7.67. The number of rotatable bonds is 1. The molecule has 1 aliphatic rings. The van der Waals surface area contributed by atoms with E-state index in [1.807, 2.05) is 0 Å². The van der Waals surface area contributed by atoms with E-state index < -0.39 is 0 Å². The summed E-state index contributed by atoms with van der Waals surface area (Å²) in [6, 6.07) is 0. The van der Waals surface area contributed by atoms with Gasteiger partial charge < -0.3 is 9.80 Å². The maximum Gasteiger partial charge on any atom is 0.0890 e. The first kappa shape index (κ1) is 29.6. The lowest BCUT2D eigenvalue weighted by Crippen LogP contribution is -2.21. The predicted octanol–water partition coefficient (Wildman–Crippen LogP) is 0.912. The largest absolute Gasteiger partial charge is 0.362 e. The molecule has 13 heavy (non-hydrogen) atoms. The summed E-state index contributed by atoms with van der Waals surface area (Å²) in [5.74, 6) is 0. The van der Waals surface area contributed by atoms with E-state index in [2.05, 4.69) is 36.2 Å². The molecule has 0 aromatic rings. The van der Waals surface area contributed by atoms with Gasteiger partial charge in [-0.15, -0.1) is 0 Å². The van der Waals surface area contributed by atoms with E-state index in [0.29, 0.717) is 0 Å². The molecule has 0 aliphatic carbocycles. The van der Waals surface area contributed by atoms with Crippen LogP contribution in [0.5, 0.6) is 0 Å². The van der Waals surface area contributed by atoms with Gasteiger partial charge in [-0.1, -0.05) is 0 Å². The standard InChI is InChI=1S/C6H12N2.B.4FH/c1-3-8-5-4-7(2)6-8;;;;;/h4-5H,3,6H2,1-2H3;;4*1H. The number of hydrogen-bond acceptors (Lipinski definition) is 2. The Bertz CT molecular complexity index is 115. The van der Waals surface area contributed by atoms with Gasteiger partial charge in [0.2, 0.25) is 0 Å². The van der Waals surface area contributed by atoms with Gasteiger partial charge in [-0.05, 0) is 6.92 Å². The third-order valence-corrected chi connectivity index (χ3v) is 1.34. The molecule has 0 N–H and O–H groups in total. The molecule has 0 atom stereocenters. The van der Waals surface area contributed by atoms with Crippen LogP contribution >= 0.6 is 0 Å². The Morgan fingerprint density at radius 1 is 1.08 bits per heavy atom. The van der Waals surface area contributed by atoms with E-state index in [-0.39, 0.29) is 27.2 Å². The van der Waals surface area contributed by atoms with E-state index in [0.717, 1.165) is 13.2 Å². The van der Waals surface area contributed by atoms with Crippen LogP contribution < -0.4 is 0 Å². The van der Waals surface area contributed by atoms with Crippen molar-refractivity contribution >= 4 is 8.41 Å². The number of hydrogen-bond donors (Lipinski definition) is 0. The topological polar surface area (TPSA) is 6.48 Å². The monoisotopic (exact) mass is 203 g/mol. The van der Waals surface area contributed by atoms with Crippen LogP contribution in [-0.4, -0.2) is 38.5 Å². The predicted molar refractivity (Wildman–Crippen MR) is 49.9 cm³/mol. The molecular formula is C6H16BF4N2. The number of halogens is 4. The minimum Gasteiger partial charge on any atom is -0.362 e. The molecule has 2 nitrogen and oxygen atoms in total. The molecule has 1 aliphatic heterocycles. The lowest BCUT2D eigenvalue weighted by Gasteiger charge is -2.14. The Morgan fingerprint density at radius 2 is 1.54 bits per heavy atom. The molecule has 0 bridgehead atoms. The zero-order valence-electron chi connectivity index (χ0n) is 7.67. The third kappa shape index (κ3) is 9.04. The summed E-state index contributed by atoms with van der Waals surface area (Å²) >= 11 is 0. The van der Waals surface area contributed by atoms with Crippen LogP contribution in [0.4, 0.5) is 18.8 Å². The molecule has 1 rings (SSSR count). The molecular weight excluding hydrogens is 187 g/mol. The molecule has 3 radical (unpaired) electrons. The van der Waals surface area contributed by atoms with Gasteiger partial charge in [-0.3, -0.25) is 18.8 Å². The summed E-state index contributed by atoms with van der Waals surface area (Å²) in [5.41, 5.74) is 0. The molecule has 1 heterocycles. The molecule has 7 heteroatoms. The van der Waals surface area contributed by atoms with Gasteiger partial charge in [0, 0.05) is 34.4 Å². The minimum absolute atomic E-state index is 0. The first-order valence-corrected chi connectivity index (χ1v) is 2.95. The van der Waals surface area contributed by atoms with E-state index in [4.69, 9.17) is 0 Å². The first-order valence-electron chi connectivity index (χ1n) is 2.95. The van der Waals surface area contributed by atoms with Crippen molar-refractivity contribution in [3.05, 3.63) is 12.4 Å². The van der Waals surface area contributed by atoms with Crippen molar-refractivity contribution in [3.8, 4) is 0 Å². The molecule has 0 fully saturated rings. The van der Waals surface area contributed by atoms with Crippen LogP contribution in [0.2, 0.25) is 0 Å². The summed E-state index contributed by atoms with van der Waals surface area (Å²) in [4.78, 5) is 4.41. The Kier molecular flexibility index (Phi) is 31.1. The Labute approximate surface area is 77.6 Å². The normalized spacial score (nSPS) is 11.2. The second-order valence-electron chi connectivity index (χ2n) is 2.10. The Hall–Kier alpha value is -0.875. The van der Waals surface area contributed by atoms with Gasteiger partial charge in [0.25, 0.3) is 0 Å². The second kappa shape index (κ2) is 13.7. The molecule has 0 aromatic heterocycles. The van der Waals surface area contributed by atoms with Crippen molar-refractivity contribution < 1.29 is 18.8 Å². The number of nitrogens with zero attached hydrogens (tertiary/aromatic N) is 2. The van der Waals surface area contributed by atoms with Gasteiger partial charge in [-0.2, -0.15) is 0 Å². The van der Waals surface area contributed by atoms with Crippen LogP contribution in [0.1, 0.15) is 6.92 Å². The average molecular weight is 203 g/mol. The molecule has 0 saturated heterocycles. The average Bonchev–Trinajstić information content (AvgIpc) is 2.14. The fraction of sp³-hybridized carbons (Fsp3) is 0.667. The zero-order chi connectivity index (χ0) is 5.98. The SMILES string of the molecule is CCN1C=CN(C)C1.F.F.F.F.[B]. The van der Waals surface area contributed by atoms with Gasteiger partial charge in [0.15, 0.2) is 0 Å². The fourth-order valence-corrected chi connectivity index (χ4v) is 0.794. The maximum atomic E-state index is 2.25. The summed E-state index contributed by atoms with van der Waals surface area (Å²) < 4.78 is 0. The highest BCUT2D eigenvalue weighted by Gasteiger charge is 2.03. The van der Waals surface area contributed by atoms with Crippen molar-refractivity contribution in [2.45, 2.75) is 6.92 Å². The van der Waals surface area contributed by atoms with Crippen molar-refractivity contribution in [1.82, 2.24) is 9.80 Å². The van der Waals surface area contributed by atoms with Crippen LogP contribution in [0.25, 0.3) is 0 Å². The van der Waals surface area contributed by atoms with Crippen LogP contribution in [0.3, 0.4) is 0 Å². The lowest BCUT2D eigenvalue weighted by molar-refractivity contribution is 0.308. The third-order valence-electron chi connectivity index (χ3n) is 1.34. The summed E-state index contributed by atoms with van der Waals surface area (Å²) in [7, 11) is 2.08. The van der Waals surface area contributed by atoms with Gasteiger partial charge >= 0.3 is 0 Å². The highest BCUT2D eigenvalue weighted by molar-refractivity contribution is 5.75. The van der Waals surface area contributed by atoms with Crippen LogP contribution in [0.15, 0.2) is 12.4 Å². The molecule has 81 valence electrons. The maximum absolute atomic E-state index is 2.25. The van der Waals surface area contributed by atoms with Gasteiger partial charge in [0.05, 0.1) is 6.67 Å². The lowest BCUT2D eigenvalue weighted by atomic mass is 10.6. The second-order valence-corrected chi connectivity index (χ2v) is 2.10. The van der Waals surface area contributed by atoms with Crippen molar-refractivity contribution in [2.24, 2.45) is 0 Å². The van der Waals surface area contributed by atoms with Crippen molar-refractivity contribution in [3.63, 3.8) is 0 Å². The quantitative estimate of drug-likeness (QED) is 0.461. The summed E-state index contributed by atoms with van der Waals surface area (Å²) in [6.45, 7) is 4.32. The molecule has 0 spiro atoms. The van der Waals surface area contributed by atoms with Crippen molar-refractivity contribution in [1.29, 1.82) is 0 Å². The Morgan fingerprint density at radius 3 is 1.69 bits per heavy atom. The van der Waals surface area contributed by atoms with E-state index in [1.165, 1.54) is 0 Å². The van der Waals surface area contributed by atoms with E-state index >= 15 is 0 Å². The highest BCUT2D eigenvalue weighted by atomic mass is 19.0. The van der Waals surface area contributed by atoms with E-state index in [9.17, 15) is 0 Å². The molecule has 0 aromatic carbocycles. The minimum atomic E-state index is 0. The molecule has 0 amide bonds. The highest BCUT2D eigenvalue weighted by Crippen LogP contribution is 2.00. The van der Waals surface area contributed by atoms with Gasteiger partial charge in [-0.25, -0.2) is 0 Å². The van der Waals surface area contributed by atoms with Crippen LogP contribution in [0, 0.1) is 0 Å². The van der Waals surface area contributed by atoms with Crippen LogP contribution in [-0.2, 0) is 0 Å². The summed E-state index contributed by atoms with van der Waals surface area (Å²) in [6.07, 6.45) is 4.20. The molecule has 0 unspecified atom stereocenters. The summed E-state index contributed by atoms with van der Waals surface area (Å²) in [5, 5.41) is 0.